The van der Waals surface area contributed by atoms with Gasteiger partial charge >= 0.3 is 5.69 Å². The third-order valence-electron chi connectivity index (χ3n) is 5.36. The van der Waals surface area contributed by atoms with E-state index in [2.05, 4.69) is 15.8 Å². The SMILES string of the molecule is CC(C)[C@@H](NC(=O)C(c1ccccc1)c1ccccc1)C(=O)N/N=C\c1ccc(O)c([N+](=O)[O-])c1. The number of nitro benzene ring substituents is 1. The van der Waals surface area contributed by atoms with E-state index in [1.807, 2.05) is 60.7 Å². The highest BCUT2D eigenvalue weighted by Crippen LogP contribution is 2.26. The van der Waals surface area contributed by atoms with Crippen molar-refractivity contribution in [2.45, 2.75) is 25.8 Å². The molecule has 0 aliphatic rings. The summed E-state index contributed by atoms with van der Waals surface area (Å²) in [5.74, 6) is -2.17. The molecule has 35 heavy (non-hydrogen) atoms. The highest BCUT2D eigenvalue weighted by Gasteiger charge is 2.29. The summed E-state index contributed by atoms with van der Waals surface area (Å²) in [6.07, 6.45) is 1.22. The number of phenolic OH excluding ortho intramolecular Hbond substituents is 1. The van der Waals surface area contributed by atoms with Gasteiger partial charge in [-0.15, -0.1) is 0 Å². The van der Waals surface area contributed by atoms with E-state index < -0.39 is 34.2 Å². The molecule has 3 N–H and O–H groups in total. The van der Waals surface area contributed by atoms with Gasteiger partial charge < -0.3 is 10.4 Å². The van der Waals surface area contributed by atoms with Crippen molar-refractivity contribution in [2.24, 2.45) is 11.0 Å². The molecule has 9 nitrogen and oxygen atoms in total. The molecular formula is C26H26N4O5. The van der Waals surface area contributed by atoms with E-state index in [-0.39, 0.29) is 11.8 Å². The molecule has 1 atom stereocenters. The first kappa shape index (κ1) is 25.1. The molecule has 0 saturated carbocycles. The number of nitrogens with one attached hydrogen (secondary N) is 2. The second-order valence-corrected chi connectivity index (χ2v) is 8.22. The van der Waals surface area contributed by atoms with E-state index in [0.29, 0.717) is 5.56 Å². The molecule has 0 saturated heterocycles. The second kappa shape index (κ2) is 11.6. The number of nitro groups is 1. The maximum atomic E-state index is 13.4. The first-order chi connectivity index (χ1) is 16.8. The topological polar surface area (TPSA) is 134 Å². The minimum Gasteiger partial charge on any atom is -0.502 e. The Morgan fingerprint density at radius 3 is 2.03 bits per heavy atom. The molecule has 2 amide bonds. The predicted octanol–water partition coefficient (Wildman–Crippen LogP) is 3.72. The minimum atomic E-state index is -0.872. The highest BCUT2D eigenvalue weighted by atomic mass is 16.6. The summed E-state index contributed by atoms with van der Waals surface area (Å²) in [5.41, 5.74) is 3.82. The fraction of sp³-hybridized carbons (Fsp3) is 0.192. The summed E-state index contributed by atoms with van der Waals surface area (Å²) in [7, 11) is 0. The third kappa shape index (κ3) is 6.50. The van der Waals surface area contributed by atoms with Gasteiger partial charge in [-0.2, -0.15) is 5.10 Å². The van der Waals surface area contributed by atoms with Gasteiger partial charge in [-0.25, -0.2) is 5.43 Å². The molecular weight excluding hydrogens is 448 g/mol. The van der Waals surface area contributed by atoms with Crippen LogP contribution in [0.25, 0.3) is 0 Å². The standard InChI is InChI=1S/C26H26N4O5/c1-17(2)24(26(33)29-27-16-18-13-14-22(31)21(15-18)30(34)35)28-25(32)23(19-9-5-3-6-10-19)20-11-7-4-8-12-20/h3-17,23-24,31H,1-2H3,(H,28,32)(H,29,33)/b27-16-/t24-/m1/s1. The average molecular weight is 475 g/mol. The zero-order valence-electron chi connectivity index (χ0n) is 19.3. The van der Waals surface area contributed by atoms with Gasteiger partial charge in [0, 0.05) is 11.6 Å². The molecule has 3 aromatic carbocycles. The number of carbonyl (C=O) groups excluding carboxylic acids is 2. The van der Waals surface area contributed by atoms with Gasteiger partial charge in [-0.3, -0.25) is 19.7 Å². The maximum Gasteiger partial charge on any atom is 0.311 e. The Hall–Kier alpha value is -4.53. The van der Waals surface area contributed by atoms with Gasteiger partial charge in [0.2, 0.25) is 5.91 Å². The largest absolute Gasteiger partial charge is 0.502 e. The van der Waals surface area contributed by atoms with Gasteiger partial charge in [0.15, 0.2) is 5.75 Å². The van der Waals surface area contributed by atoms with Crippen molar-refractivity contribution in [3.05, 3.63) is 106 Å². The van der Waals surface area contributed by atoms with Crippen molar-refractivity contribution in [1.29, 1.82) is 0 Å². The lowest BCUT2D eigenvalue weighted by atomic mass is 9.89. The normalized spacial score (nSPS) is 12.0. The molecule has 0 bridgehead atoms. The lowest BCUT2D eigenvalue weighted by Crippen LogP contribution is -2.50. The molecule has 0 unspecified atom stereocenters. The van der Waals surface area contributed by atoms with Crippen LogP contribution in [0.3, 0.4) is 0 Å². The predicted molar refractivity (Wildman–Crippen MR) is 132 cm³/mol. The highest BCUT2D eigenvalue weighted by molar-refractivity contribution is 5.93. The number of hydrazone groups is 1. The van der Waals surface area contributed by atoms with Crippen molar-refractivity contribution in [3.63, 3.8) is 0 Å². The van der Waals surface area contributed by atoms with Crippen molar-refractivity contribution < 1.29 is 19.6 Å². The van der Waals surface area contributed by atoms with Crippen molar-refractivity contribution >= 4 is 23.7 Å². The van der Waals surface area contributed by atoms with E-state index in [4.69, 9.17) is 0 Å². The first-order valence-electron chi connectivity index (χ1n) is 11.0. The molecule has 0 fully saturated rings. The number of amides is 2. The number of carbonyl (C=O) groups is 2. The Kier molecular flexibility index (Phi) is 8.29. The average Bonchev–Trinajstić information content (AvgIpc) is 2.84. The van der Waals surface area contributed by atoms with Crippen LogP contribution in [0.2, 0.25) is 0 Å². The number of nitrogens with zero attached hydrogens (tertiary/aromatic N) is 2. The van der Waals surface area contributed by atoms with Crippen molar-refractivity contribution in [2.75, 3.05) is 0 Å². The van der Waals surface area contributed by atoms with E-state index in [1.54, 1.807) is 13.8 Å². The Balaban J connectivity index is 1.75. The lowest BCUT2D eigenvalue weighted by molar-refractivity contribution is -0.385. The van der Waals surface area contributed by atoms with E-state index in [1.165, 1.54) is 18.3 Å². The smallest absolute Gasteiger partial charge is 0.311 e. The first-order valence-corrected chi connectivity index (χ1v) is 11.0. The Morgan fingerprint density at radius 1 is 0.943 bits per heavy atom. The minimum absolute atomic E-state index is 0.240. The number of hydrogen-bond donors (Lipinski definition) is 3. The lowest BCUT2D eigenvalue weighted by Gasteiger charge is -2.24. The molecule has 9 heteroatoms. The van der Waals surface area contributed by atoms with Gasteiger partial charge in [-0.1, -0.05) is 74.5 Å². The van der Waals surface area contributed by atoms with E-state index in [0.717, 1.165) is 17.2 Å². The number of benzene rings is 3. The third-order valence-corrected chi connectivity index (χ3v) is 5.36. The van der Waals surface area contributed by atoms with Crippen LogP contribution >= 0.6 is 0 Å². The molecule has 3 rings (SSSR count). The zero-order chi connectivity index (χ0) is 25.4. The van der Waals surface area contributed by atoms with Crippen LogP contribution in [0.1, 0.15) is 36.5 Å². The van der Waals surface area contributed by atoms with Crippen LogP contribution in [-0.4, -0.2) is 34.1 Å². The monoisotopic (exact) mass is 474 g/mol. The van der Waals surface area contributed by atoms with Gasteiger partial charge in [0.1, 0.15) is 6.04 Å². The maximum absolute atomic E-state index is 13.4. The van der Waals surface area contributed by atoms with Crippen LogP contribution in [0.15, 0.2) is 84.0 Å². The quantitative estimate of drug-likeness (QED) is 0.247. The fourth-order valence-electron chi connectivity index (χ4n) is 3.56. The van der Waals surface area contributed by atoms with Crippen LogP contribution in [0.5, 0.6) is 5.75 Å². The summed E-state index contributed by atoms with van der Waals surface area (Å²) >= 11 is 0. The van der Waals surface area contributed by atoms with Crippen molar-refractivity contribution in [3.8, 4) is 5.75 Å². The number of rotatable bonds is 9. The Labute approximate surface area is 202 Å². The molecule has 3 aromatic rings. The summed E-state index contributed by atoms with van der Waals surface area (Å²) in [4.78, 5) is 36.5. The Morgan fingerprint density at radius 2 is 1.51 bits per heavy atom. The van der Waals surface area contributed by atoms with E-state index >= 15 is 0 Å². The molecule has 0 aliphatic carbocycles. The molecule has 180 valence electrons. The van der Waals surface area contributed by atoms with Crippen molar-refractivity contribution in [1.82, 2.24) is 10.7 Å². The van der Waals surface area contributed by atoms with Crippen LogP contribution in [-0.2, 0) is 9.59 Å². The summed E-state index contributed by atoms with van der Waals surface area (Å²) in [6, 6.07) is 21.5. The number of hydrogen-bond acceptors (Lipinski definition) is 6. The van der Waals surface area contributed by atoms with Crippen LogP contribution < -0.4 is 10.7 Å². The Bertz CT molecular complexity index is 1170. The van der Waals surface area contributed by atoms with Gasteiger partial charge in [0.25, 0.3) is 5.91 Å². The number of aromatic hydroxyl groups is 1. The summed E-state index contributed by atoms with van der Waals surface area (Å²) < 4.78 is 0. The second-order valence-electron chi connectivity index (χ2n) is 8.22. The van der Waals surface area contributed by atoms with Crippen LogP contribution in [0.4, 0.5) is 5.69 Å². The molecule has 0 aromatic heterocycles. The van der Waals surface area contributed by atoms with E-state index in [9.17, 15) is 24.8 Å². The van der Waals surface area contributed by atoms with Crippen LogP contribution in [0, 0.1) is 16.0 Å². The molecule has 0 heterocycles. The zero-order valence-corrected chi connectivity index (χ0v) is 19.3. The number of phenols is 1. The molecule has 0 aliphatic heterocycles. The molecule has 0 spiro atoms. The van der Waals surface area contributed by atoms with Gasteiger partial charge in [0.05, 0.1) is 17.1 Å². The summed E-state index contributed by atoms with van der Waals surface area (Å²) in [6.45, 7) is 3.61. The fourth-order valence-corrected chi connectivity index (χ4v) is 3.56. The molecule has 0 radical (unpaired) electrons. The van der Waals surface area contributed by atoms with Gasteiger partial charge in [-0.05, 0) is 29.2 Å². The summed E-state index contributed by atoms with van der Waals surface area (Å²) in [5, 5.41) is 27.2.